The zero-order valence-corrected chi connectivity index (χ0v) is 19.3. The lowest BCUT2D eigenvalue weighted by Crippen LogP contribution is -2.47. The number of fused-ring (bicyclic) bond motifs is 1. The van der Waals surface area contributed by atoms with Crippen LogP contribution in [0, 0.1) is 13.8 Å². The summed E-state index contributed by atoms with van der Waals surface area (Å²) in [5, 5.41) is 6.91. The van der Waals surface area contributed by atoms with Gasteiger partial charge in [-0.2, -0.15) is 0 Å². The van der Waals surface area contributed by atoms with Gasteiger partial charge in [-0.25, -0.2) is 22.8 Å². The SMILES string of the molecule is Cc1cc(C)c2c(OCC(=O)N3CCC(NS(=O)(=O)c4cccs4)CC3)nn(C)c2n1. The van der Waals surface area contributed by atoms with Crippen LogP contribution in [0.3, 0.4) is 0 Å². The molecule has 11 heteroatoms. The van der Waals surface area contributed by atoms with Crippen molar-refractivity contribution in [2.45, 2.75) is 36.9 Å². The molecule has 166 valence electrons. The number of nitrogens with one attached hydrogen (secondary N) is 1. The van der Waals surface area contributed by atoms with Gasteiger partial charge in [-0.05, 0) is 49.8 Å². The summed E-state index contributed by atoms with van der Waals surface area (Å²) in [7, 11) is -1.71. The van der Waals surface area contributed by atoms with Gasteiger partial charge >= 0.3 is 0 Å². The maximum atomic E-state index is 12.6. The third kappa shape index (κ3) is 4.58. The molecule has 1 aliphatic rings. The van der Waals surface area contributed by atoms with Crippen LogP contribution in [0.1, 0.15) is 24.1 Å². The van der Waals surface area contributed by atoms with Crippen LogP contribution in [0.15, 0.2) is 27.8 Å². The number of hydrogen-bond acceptors (Lipinski definition) is 7. The highest BCUT2D eigenvalue weighted by molar-refractivity contribution is 7.91. The minimum Gasteiger partial charge on any atom is -0.466 e. The van der Waals surface area contributed by atoms with Gasteiger partial charge < -0.3 is 9.64 Å². The number of hydrogen-bond donors (Lipinski definition) is 1. The molecule has 0 spiro atoms. The van der Waals surface area contributed by atoms with Crippen molar-refractivity contribution in [2.75, 3.05) is 19.7 Å². The van der Waals surface area contributed by atoms with Crippen molar-refractivity contribution in [1.29, 1.82) is 0 Å². The van der Waals surface area contributed by atoms with E-state index in [2.05, 4.69) is 14.8 Å². The molecule has 0 aromatic carbocycles. The Hall–Kier alpha value is -2.50. The van der Waals surface area contributed by atoms with Crippen LogP contribution in [-0.2, 0) is 21.9 Å². The number of aryl methyl sites for hydroxylation is 3. The van der Waals surface area contributed by atoms with Gasteiger partial charge in [0.05, 0.1) is 5.39 Å². The van der Waals surface area contributed by atoms with Crippen LogP contribution in [0.2, 0.25) is 0 Å². The average molecular weight is 464 g/mol. The number of thiophene rings is 1. The largest absolute Gasteiger partial charge is 0.466 e. The molecule has 0 unspecified atom stereocenters. The summed E-state index contributed by atoms with van der Waals surface area (Å²) in [5.41, 5.74) is 2.61. The molecule has 0 radical (unpaired) electrons. The highest BCUT2D eigenvalue weighted by Crippen LogP contribution is 2.27. The van der Waals surface area contributed by atoms with Crippen molar-refractivity contribution in [1.82, 2.24) is 24.4 Å². The molecule has 1 N–H and O–H groups in total. The molecule has 1 saturated heterocycles. The predicted molar refractivity (Wildman–Crippen MR) is 118 cm³/mol. The Labute approximate surface area is 185 Å². The number of pyridine rings is 1. The number of carbonyl (C=O) groups excluding carboxylic acids is 1. The van der Waals surface area contributed by atoms with Crippen molar-refractivity contribution in [3.8, 4) is 5.88 Å². The second kappa shape index (κ2) is 8.56. The third-order valence-corrected chi connectivity index (χ3v) is 8.27. The van der Waals surface area contributed by atoms with E-state index in [9.17, 15) is 13.2 Å². The van der Waals surface area contributed by atoms with Gasteiger partial charge in [-0.15, -0.1) is 16.4 Å². The summed E-state index contributed by atoms with van der Waals surface area (Å²) in [4.78, 5) is 18.8. The first-order valence-electron chi connectivity index (χ1n) is 10.0. The first-order valence-corrected chi connectivity index (χ1v) is 12.4. The summed E-state index contributed by atoms with van der Waals surface area (Å²) in [6, 6.07) is 5.07. The molecule has 3 aromatic rings. The molecule has 1 fully saturated rings. The molecule has 4 rings (SSSR count). The fourth-order valence-electron chi connectivity index (χ4n) is 3.81. The molecule has 0 saturated carbocycles. The molecule has 3 aromatic heterocycles. The number of nitrogens with zero attached hydrogens (tertiary/aromatic N) is 4. The first kappa shape index (κ1) is 21.7. The molecule has 0 atom stereocenters. The number of carbonyl (C=O) groups is 1. The van der Waals surface area contributed by atoms with Gasteiger partial charge in [0.1, 0.15) is 4.21 Å². The van der Waals surface area contributed by atoms with Crippen LogP contribution < -0.4 is 9.46 Å². The zero-order chi connectivity index (χ0) is 22.2. The zero-order valence-electron chi connectivity index (χ0n) is 17.7. The molecule has 4 heterocycles. The van der Waals surface area contributed by atoms with Crippen molar-refractivity contribution < 1.29 is 17.9 Å². The smallest absolute Gasteiger partial charge is 0.260 e. The second-order valence-corrected chi connectivity index (χ2v) is 10.6. The Bertz CT molecular complexity index is 1200. The summed E-state index contributed by atoms with van der Waals surface area (Å²) in [6.45, 7) is 4.72. The van der Waals surface area contributed by atoms with Gasteiger partial charge in [0.2, 0.25) is 15.9 Å². The van der Waals surface area contributed by atoms with Crippen LogP contribution in [0.25, 0.3) is 11.0 Å². The van der Waals surface area contributed by atoms with E-state index >= 15 is 0 Å². The number of likely N-dealkylation sites (tertiary alicyclic amines) is 1. The van der Waals surface area contributed by atoms with Gasteiger partial charge in [-0.1, -0.05) is 6.07 Å². The van der Waals surface area contributed by atoms with E-state index in [1.54, 1.807) is 34.1 Å². The maximum absolute atomic E-state index is 12.6. The van der Waals surface area contributed by atoms with Crippen molar-refractivity contribution in [3.63, 3.8) is 0 Å². The van der Waals surface area contributed by atoms with Crippen molar-refractivity contribution in [2.24, 2.45) is 7.05 Å². The number of sulfonamides is 1. The summed E-state index contributed by atoms with van der Waals surface area (Å²) in [6.07, 6.45) is 1.12. The first-order chi connectivity index (χ1) is 14.7. The predicted octanol–water partition coefficient (Wildman–Crippen LogP) is 1.99. The lowest BCUT2D eigenvalue weighted by Gasteiger charge is -2.32. The van der Waals surface area contributed by atoms with Gasteiger partial charge in [0.25, 0.3) is 5.91 Å². The van der Waals surface area contributed by atoms with E-state index in [0.717, 1.165) is 22.3 Å². The Morgan fingerprint density at radius 3 is 2.74 bits per heavy atom. The molecular weight excluding hydrogens is 438 g/mol. The monoisotopic (exact) mass is 463 g/mol. The van der Waals surface area contributed by atoms with E-state index in [1.165, 1.54) is 11.3 Å². The normalized spacial score (nSPS) is 15.5. The molecule has 9 nitrogen and oxygen atoms in total. The highest BCUT2D eigenvalue weighted by atomic mass is 32.2. The summed E-state index contributed by atoms with van der Waals surface area (Å²) >= 11 is 1.19. The van der Waals surface area contributed by atoms with E-state index < -0.39 is 10.0 Å². The van der Waals surface area contributed by atoms with Gasteiger partial charge in [0, 0.05) is 31.9 Å². The minimum absolute atomic E-state index is 0.120. The standard InChI is InChI=1S/C20H25N5O4S2/c1-13-11-14(2)21-19-18(13)20(22-24(19)3)29-12-16(26)25-8-6-15(7-9-25)23-31(27,28)17-5-4-10-30-17/h4-5,10-11,15,23H,6-9,12H2,1-3H3. The molecular formula is C20H25N5O4S2. The van der Waals surface area contributed by atoms with E-state index in [-0.39, 0.29) is 18.6 Å². The number of piperidine rings is 1. The lowest BCUT2D eigenvalue weighted by molar-refractivity contribution is -0.134. The Morgan fingerprint density at radius 2 is 2.06 bits per heavy atom. The molecule has 31 heavy (non-hydrogen) atoms. The van der Waals surface area contributed by atoms with Crippen LogP contribution in [0.5, 0.6) is 5.88 Å². The third-order valence-electron chi connectivity index (χ3n) is 5.35. The number of aromatic nitrogens is 3. The average Bonchev–Trinajstić information content (AvgIpc) is 3.36. The summed E-state index contributed by atoms with van der Waals surface area (Å²) < 4.78 is 35.2. The number of ether oxygens (including phenoxy) is 1. The fourth-order valence-corrected chi connectivity index (χ4v) is 6.13. The van der Waals surface area contributed by atoms with Crippen molar-refractivity contribution >= 4 is 38.3 Å². The van der Waals surface area contributed by atoms with E-state index in [0.29, 0.717) is 36.0 Å². The number of rotatable bonds is 6. The Morgan fingerprint density at radius 1 is 1.32 bits per heavy atom. The molecule has 0 bridgehead atoms. The molecule has 1 amide bonds. The van der Waals surface area contributed by atoms with E-state index in [4.69, 9.17) is 4.74 Å². The van der Waals surface area contributed by atoms with Crippen LogP contribution in [0.4, 0.5) is 0 Å². The lowest BCUT2D eigenvalue weighted by atomic mass is 10.1. The fraction of sp³-hybridized carbons (Fsp3) is 0.450. The maximum Gasteiger partial charge on any atom is 0.260 e. The van der Waals surface area contributed by atoms with Gasteiger partial charge in [0.15, 0.2) is 12.3 Å². The molecule has 0 aliphatic carbocycles. The van der Waals surface area contributed by atoms with Crippen LogP contribution in [-0.4, -0.2) is 59.7 Å². The van der Waals surface area contributed by atoms with Crippen LogP contribution >= 0.6 is 11.3 Å². The summed E-state index contributed by atoms with van der Waals surface area (Å²) in [5.74, 6) is 0.255. The second-order valence-electron chi connectivity index (χ2n) is 7.71. The topological polar surface area (TPSA) is 106 Å². The van der Waals surface area contributed by atoms with Crippen molar-refractivity contribution in [3.05, 3.63) is 34.8 Å². The Kier molecular flexibility index (Phi) is 6.00. The quantitative estimate of drug-likeness (QED) is 0.599. The minimum atomic E-state index is -3.50. The Balaban J connectivity index is 1.34. The number of amides is 1. The molecule has 1 aliphatic heterocycles. The van der Waals surface area contributed by atoms with E-state index in [1.807, 2.05) is 19.9 Å². The van der Waals surface area contributed by atoms with Gasteiger partial charge in [-0.3, -0.25) is 4.79 Å². The highest BCUT2D eigenvalue weighted by Gasteiger charge is 2.27.